The van der Waals surface area contributed by atoms with E-state index in [9.17, 15) is 18.0 Å². The lowest BCUT2D eigenvalue weighted by Crippen LogP contribution is -2.46. The highest BCUT2D eigenvalue weighted by atomic mass is 19.4. The molecule has 1 atom stereocenters. The van der Waals surface area contributed by atoms with Crippen LogP contribution >= 0.6 is 0 Å². The van der Waals surface area contributed by atoms with Crippen molar-refractivity contribution in [2.75, 3.05) is 13.1 Å². The lowest BCUT2D eigenvalue weighted by molar-refractivity contribution is -0.137. The molecule has 3 aromatic rings. The summed E-state index contributed by atoms with van der Waals surface area (Å²) >= 11 is 0. The van der Waals surface area contributed by atoms with Crippen LogP contribution in [0.15, 0.2) is 73.2 Å². The summed E-state index contributed by atoms with van der Waals surface area (Å²) in [6.45, 7) is 1.36. The molecule has 0 aliphatic carbocycles. The Balaban J connectivity index is 1.43. The first-order chi connectivity index (χ1) is 15.9. The van der Waals surface area contributed by atoms with Crippen LogP contribution in [0.5, 0.6) is 0 Å². The molecule has 1 saturated heterocycles. The van der Waals surface area contributed by atoms with Crippen LogP contribution < -0.4 is 5.32 Å². The molecule has 1 aromatic heterocycles. The van der Waals surface area contributed by atoms with Gasteiger partial charge in [-0.1, -0.05) is 42.5 Å². The third kappa shape index (κ3) is 5.96. The number of alkyl halides is 3. The van der Waals surface area contributed by atoms with Gasteiger partial charge in [0.2, 0.25) is 5.91 Å². The van der Waals surface area contributed by atoms with Gasteiger partial charge in [0.25, 0.3) is 0 Å². The third-order valence-electron chi connectivity index (χ3n) is 5.88. The fraction of sp³-hybridized carbons (Fsp3) is 0.320. The highest BCUT2D eigenvalue weighted by molar-refractivity contribution is 5.78. The lowest BCUT2D eigenvalue weighted by Gasteiger charge is -2.37. The van der Waals surface area contributed by atoms with Crippen molar-refractivity contribution >= 4 is 5.91 Å². The fourth-order valence-corrected chi connectivity index (χ4v) is 4.24. The molecule has 0 radical (unpaired) electrons. The molecule has 1 N–H and O–H groups in total. The van der Waals surface area contributed by atoms with Gasteiger partial charge in [-0.3, -0.25) is 19.7 Å². The Morgan fingerprint density at radius 2 is 1.73 bits per heavy atom. The molecule has 0 bridgehead atoms. The van der Waals surface area contributed by atoms with Gasteiger partial charge in [0.05, 0.1) is 29.9 Å². The van der Waals surface area contributed by atoms with Crippen molar-refractivity contribution in [3.63, 3.8) is 0 Å². The van der Waals surface area contributed by atoms with E-state index >= 15 is 0 Å². The van der Waals surface area contributed by atoms with Crippen LogP contribution in [-0.4, -0.2) is 39.9 Å². The van der Waals surface area contributed by atoms with E-state index in [4.69, 9.17) is 0 Å². The first-order valence-corrected chi connectivity index (χ1v) is 10.9. The summed E-state index contributed by atoms with van der Waals surface area (Å²) in [7, 11) is 0. The molecular formula is C25H25F3N4O. The van der Waals surface area contributed by atoms with E-state index in [1.165, 1.54) is 12.1 Å². The van der Waals surface area contributed by atoms with E-state index < -0.39 is 11.7 Å². The summed E-state index contributed by atoms with van der Waals surface area (Å²) in [5.74, 6) is -0.00661. The Kier molecular flexibility index (Phi) is 7.03. The minimum atomic E-state index is -4.38. The fourth-order valence-electron chi connectivity index (χ4n) is 4.24. The van der Waals surface area contributed by atoms with Gasteiger partial charge in [0, 0.05) is 31.5 Å². The van der Waals surface area contributed by atoms with Crippen LogP contribution in [0.1, 0.15) is 41.3 Å². The summed E-state index contributed by atoms with van der Waals surface area (Å²) in [6.07, 6.45) is 2.27. The maximum Gasteiger partial charge on any atom is 0.416 e. The molecule has 1 unspecified atom stereocenters. The molecule has 1 aliphatic heterocycles. The molecular weight excluding hydrogens is 429 g/mol. The number of halogens is 3. The van der Waals surface area contributed by atoms with Crippen molar-refractivity contribution in [3.05, 3.63) is 95.6 Å². The number of rotatable bonds is 6. The van der Waals surface area contributed by atoms with Gasteiger partial charge in [-0.05, 0) is 36.1 Å². The van der Waals surface area contributed by atoms with Gasteiger partial charge < -0.3 is 5.32 Å². The summed E-state index contributed by atoms with van der Waals surface area (Å²) in [5, 5.41) is 3.11. The normalized spacial score (nSPS) is 16.3. The smallest absolute Gasteiger partial charge is 0.353 e. The quantitative estimate of drug-likeness (QED) is 0.600. The van der Waals surface area contributed by atoms with E-state index in [1.54, 1.807) is 18.6 Å². The highest BCUT2D eigenvalue weighted by Crippen LogP contribution is 2.33. The first kappa shape index (κ1) is 22.9. The molecule has 33 heavy (non-hydrogen) atoms. The molecule has 1 aliphatic rings. The Labute approximate surface area is 190 Å². The molecule has 1 fully saturated rings. The summed E-state index contributed by atoms with van der Waals surface area (Å²) in [4.78, 5) is 23.2. The molecule has 0 spiro atoms. The average molecular weight is 454 g/mol. The number of carbonyl (C=O) groups excluding carboxylic acids is 1. The second kappa shape index (κ2) is 10.1. The molecule has 0 saturated carbocycles. The largest absolute Gasteiger partial charge is 0.416 e. The van der Waals surface area contributed by atoms with Gasteiger partial charge in [-0.25, -0.2) is 0 Å². The minimum Gasteiger partial charge on any atom is -0.353 e. The number of likely N-dealkylation sites (tertiary alicyclic amines) is 1. The van der Waals surface area contributed by atoms with Gasteiger partial charge >= 0.3 is 6.18 Å². The summed E-state index contributed by atoms with van der Waals surface area (Å²) < 4.78 is 39.0. The van der Waals surface area contributed by atoms with E-state index in [0.717, 1.165) is 36.1 Å². The predicted molar refractivity (Wildman–Crippen MR) is 118 cm³/mol. The zero-order valence-electron chi connectivity index (χ0n) is 18.0. The zero-order chi connectivity index (χ0) is 23.3. The second-order valence-electron chi connectivity index (χ2n) is 8.19. The number of hydrogen-bond donors (Lipinski definition) is 1. The number of benzene rings is 2. The number of hydrogen-bond acceptors (Lipinski definition) is 4. The zero-order valence-corrected chi connectivity index (χ0v) is 18.0. The SMILES string of the molecule is O=C(Cc1ccccc1)NC1CCN(C(c2ccc(C(F)(F)F)cc2)c2cnccn2)CC1. The number of piperidine rings is 1. The van der Waals surface area contributed by atoms with Crippen molar-refractivity contribution in [1.29, 1.82) is 0 Å². The number of carbonyl (C=O) groups is 1. The van der Waals surface area contributed by atoms with Crippen LogP contribution in [0.3, 0.4) is 0 Å². The summed E-state index contributed by atoms with van der Waals surface area (Å²) in [6, 6.07) is 14.6. The molecule has 8 heteroatoms. The van der Waals surface area contributed by atoms with E-state index in [0.29, 0.717) is 25.2 Å². The lowest BCUT2D eigenvalue weighted by atomic mass is 9.96. The predicted octanol–water partition coefficient (Wildman–Crippen LogP) is 4.41. The molecule has 2 heterocycles. The van der Waals surface area contributed by atoms with E-state index in [1.807, 2.05) is 30.3 Å². The maximum absolute atomic E-state index is 13.0. The molecule has 1 amide bonds. The Hall–Kier alpha value is -3.26. The number of nitrogens with zero attached hydrogens (tertiary/aromatic N) is 3. The minimum absolute atomic E-state index is 0.00661. The van der Waals surface area contributed by atoms with Crippen molar-refractivity contribution in [2.24, 2.45) is 0 Å². The van der Waals surface area contributed by atoms with Crippen LogP contribution in [0.25, 0.3) is 0 Å². The number of nitrogens with one attached hydrogen (secondary N) is 1. The summed E-state index contributed by atoms with van der Waals surface area (Å²) in [5.41, 5.74) is 1.71. The average Bonchev–Trinajstić information content (AvgIpc) is 2.81. The standard InChI is InChI=1S/C25H25F3N4O/c26-25(27,28)20-8-6-19(7-9-20)24(22-17-29-12-13-30-22)32-14-10-21(11-15-32)31-23(33)16-18-4-2-1-3-5-18/h1-9,12-13,17,21,24H,10-11,14-16H2,(H,31,33). The van der Waals surface area contributed by atoms with E-state index in [2.05, 4.69) is 20.2 Å². The van der Waals surface area contributed by atoms with Crippen molar-refractivity contribution in [1.82, 2.24) is 20.2 Å². The topological polar surface area (TPSA) is 58.1 Å². The van der Waals surface area contributed by atoms with Gasteiger partial charge in [-0.15, -0.1) is 0 Å². The monoisotopic (exact) mass is 454 g/mol. The molecule has 172 valence electrons. The second-order valence-corrected chi connectivity index (χ2v) is 8.19. The maximum atomic E-state index is 13.0. The van der Waals surface area contributed by atoms with Gasteiger partial charge in [-0.2, -0.15) is 13.2 Å². The van der Waals surface area contributed by atoms with Crippen LogP contribution in [0.2, 0.25) is 0 Å². The molecule has 4 rings (SSSR count). The number of amides is 1. The van der Waals surface area contributed by atoms with Crippen LogP contribution in [0.4, 0.5) is 13.2 Å². The van der Waals surface area contributed by atoms with Gasteiger partial charge in [0.15, 0.2) is 0 Å². The van der Waals surface area contributed by atoms with E-state index in [-0.39, 0.29) is 18.0 Å². The third-order valence-corrected chi connectivity index (χ3v) is 5.88. The van der Waals surface area contributed by atoms with Crippen LogP contribution in [0, 0.1) is 0 Å². The highest BCUT2D eigenvalue weighted by Gasteiger charge is 2.32. The van der Waals surface area contributed by atoms with Crippen molar-refractivity contribution < 1.29 is 18.0 Å². The molecule has 5 nitrogen and oxygen atoms in total. The van der Waals surface area contributed by atoms with Crippen molar-refractivity contribution in [2.45, 2.75) is 37.5 Å². The first-order valence-electron chi connectivity index (χ1n) is 10.9. The molecule has 2 aromatic carbocycles. The Bertz CT molecular complexity index is 1030. The van der Waals surface area contributed by atoms with Gasteiger partial charge in [0.1, 0.15) is 0 Å². The van der Waals surface area contributed by atoms with Crippen LogP contribution in [-0.2, 0) is 17.4 Å². The Morgan fingerprint density at radius 1 is 1.03 bits per heavy atom. The number of aromatic nitrogens is 2. The van der Waals surface area contributed by atoms with Crippen molar-refractivity contribution in [3.8, 4) is 0 Å². The Morgan fingerprint density at radius 3 is 2.33 bits per heavy atom.